The van der Waals surface area contributed by atoms with Crippen LogP contribution in [0.25, 0.3) is 0 Å². The molecule has 3 N–H and O–H groups in total. The Morgan fingerprint density at radius 2 is 2.04 bits per heavy atom. The Bertz CT molecular complexity index is 620. The van der Waals surface area contributed by atoms with Crippen molar-refractivity contribution in [3.05, 3.63) is 24.3 Å². The number of carbonyl (C=O) groups is 2. The van der Waals surface area contributed by atoms with Gasteiger partial charge >= 0.3 is 0 Å². The summed E-state index contributed by atoms with van der Waals surface area (Å²) in [6.45, 7) is 4.30. The van der Waals surface area contributed by atoms with Crippen LogP contribution in [0.3, 0.4) is 0 Å². The average molecular weight is 362 g/mol. The Balaban J connectivity index is 1.83. The molecule has 1 unspecified atom stereocenters. The predicted octanol–water partition coefficient (Wildman–Crippen LogP) is 1.23. The molecule has 1 aliphatic rings. The van der Waals surface area contributed by atoms with Crippen molar-refractivity contribution in [1.82, 2.24) is 5.32 Å². The molecule has 0 aliphatic heterocycles. The van der Waals surface area contributed by atoms with Crippen LogP contribution in [-0.4, -0.2) is 44.6 Å². The number of nitrogens with one attached hydrogen (secondary N) is 3. The van der Waals surface area contributed by atoms with Crippen LogP contribution in [0.2, 0.25) is 0 Å². The second kappa shape index (κ2) is 9.57. The first-order chi connectivity index (χ1) is 12.4. The van der Waals surface area contributed by atoms with E-state index in [1.807, 2.05) is 32.2 Å². The van der Waals surface area contributed by atoms with Crippen molar-refractivity contribution < 1.29 is 19.2 Å². The molecule has 0 saturated heterocycles. The van der Waals surface area contributed by atoms with Gasteiger partial charge in [-0.3, -0.25) is 9.59 Å². The Hall–Kier alpha value is -2.08. The molecule has 2 rings (SSSR count). The highest BCUT2D eigenvalue weighted by Crippen LogP contribution is 2.23. The number of methoxy groups -OCH3 is 1. The third-order valence-electron chi connectivity index (χ3n) is 5.36. The summed E-state index contributed by atoms with van der Waals surface area (Å²) < 4.78 is 5.16. The zero-order valence-electron chi connectivity index (χ0n) is 16.3. The molecule has 0 bridgehead atoms. The fourth-order valence-electron chi connectivity index (χ4n) is 3.37. The van der Waals surface area contributed by atoms with Crippen molar-refractivity contribution in [2.24, 2.45) is 5.92 Å². The molecule has 0 aromatic heterocycles. The number of quaternary nitrogens is 1. The van der Waals surface area contributed by atoms with Crippen molar-refractivity contribution in [2.75, 3.05) is 26.0 Å². The highest BCUT2D eigenvalue weighted by Gasteiger charge is 2.29. The number of benzene rings is 1. The van der Waals surface area contributed by atoms with Crippen LogP contribution in [0.5, 0.6) is 5.75 Å². The third-order valence-corrected chi connectivity index (χ3v) is 5.36. The van der Waals surface area contributed by atoms with E-state index in [9.17, 15) is 9.59 Å². The van der Waals surface area contributed by atoms with Crippen LogP contribution < -0.4 is 20.3 Å². The van der Waals surface area contributed by atoms with E-state index in [1.54, 1.807) is 13.2 Å². The van der Waals surface area contributed by atoms with Gasteiger partial charge in [0.15, 0.2) is 12.6 Å². The van der Waals surface area contributed by atoms with Crippen molar-refractivity contribution in [1.29, 1.82) is 0 Å². The number of rotatable bonds is 7. The van der Waals surface area contributed by atoms with Crippen molar-refractivity contribution in [3.63, 3.8) is 0 Å². The SMILES string of the molecule is COc1cccc(NC(=O)C[NH+](C)[C@H](C)C(=O)N[C@@H]2CCCC[C@@H]2C)c1. The van der Waals surface area contributed by atoms with E-state index in [0.717, 1.165) is 11.3 Å². The summed E-state index contributed by atoms with van der Waals surface area (Å²) in [6.07, 6.45) is 4.65. The molecule has 1 saturated carbocycles. The number of anilines is 1. The Morgan fingerprint density at radius 1 is 1.31 bits per heavy atom. The van der Waals surface area contributed by atoms with Crippen molar-refractivity contribution in [2.45, 2.75) is 51.6 Å². The number of likely N-dealkylation sites (N-methyl/N-ethyl adjacent to an activating group) is 1. The van der Waals surface area contributed by atoms with Crippen LogP contribution >= 0.6 is 0 Å². The van der Waals surface area contributed by atoms with Crippen molar-refractivity contribution in [3.8, 4) is 5.75 Å². The van der Waals surface area contributed by atoms with Crippen LogP contribution in [0.1, 0.15) is 39.5 Å². The number of carbonyl (C=O) groups excluding carboxylic acids is 2. The smallest absolute Gasteiger partial charge is 0.279 e. The van der Waals surface area contributed by atoms with Gasteiger partial charge in [-0.25, -0.2) is 0 Å². The minimum Gasteiger partial charge on any atom is -0.497 e. The quantitative estimate of drug-likeness (QED) is 0.683. The zero-order valence-corrected chi connectivity index (χ0v) is 16.3. The third kappa shape index (κ3) is 5.73. The van der Waals surface area contributed by atoms with E-state index in [4.69, 9.17) is 4.74 Å². The summed E-state index contributed by atoms with van der Waals surface area (Å²) in [7, 11) is 3.46. The topological polar surface area (TPSA) is 71.9 Å². The molecular weight excluding hydrogens is 330 g/mol. The monoisotopic (exact) mass is 362 g/mol. The first-order valence-corrected chi connectivity index (χ1v) is 9.47. The minimum atomic E-state index is -0.278. The fourth-order valence-corrected chi connectivity index (χ4v) is 3.37. The molecule has 1 fully saturated rings. The molecule has 0 heterocycles. The fraction of sp³-hybridized carbons (Fsp3) is 0.600. The minimum absolute atomic E-state index is 0.0235. The number of hydrogen-bond acceptors (Lipinski definition) is 3. The molecule has 1 aliphatic carbocycles. The van der Waals surface area contributed by atoms with E-state index >= 15 is 0 Å². The van der Waals surface area contributed by atoms with Gasteiger partial charge < -0.3 is 20.3 Å². The molecule has 1 aromatic rings. The lowest BCUT2D eigenvalue weighted by Crippen LogP contribution is -3.15. The molecule has 26 heavy (non-hydrogen) atoms. The zero-order chi connectivity index (χ0) is 19.1. The summed E-state index contributed by atoms with van der Waals surface area (Å²) in [5, 5.41) is 6.04. The molecule has 144 valence electrons. The Kier molecular flexibility index (Phi) is 7.45. The van der Waals surface area contributed by atoms with Gasteiger partial charge in [0.1, 0.15) is 5.75 Å². The van der Waals surface area contributed by atoms with E-state index in [1.165, 1.54) is 19.3 Å². The van der Waals surface area contributed by atoms with E-state index < -0.39 is 0 Å². The number of ether oxygens (including phenoxy) is 1. The van der Waals surface area contributed by atoms with Crippen LogP contribution in [0.15, 0.2) is 24.3 Å². The lowest BCUT2D eigenvalue weighted by molar-refractivity contribution is -0.885. The van der Waals surface area contributed by atoms with E-state index in [0.29, 0.717) is 17.4 Å². The Labute approximate surface area is 156 Å². The second-order valence-corrected chi connectivity index (χ2v) is 7.40. The summed E-state index contributed by atoms with van der Waals surface area (Å²) in [6, 6.07) is 7.22. The maximum Gasteiger partial charge on any atom is 0.279 e. The molecule has 1 aromatic carbocycles. The van der Waals surface area contributed by atoms with Gasteiger partial charge in [0.05, 0.1) is 14.2 Å². The van der Waals surface area contributed by atoms with Crippen LogP contribution in [-0.2, 0) is 9.59 Å². The van der Waals surface area contributed by atoms with Crippen LogP contribution in [0.4, 0.5) is 5.69 Å². The average Bonchev–Trinajstić information content (AvgIpc) is 2.62. The summed E-state index contributed by atoms with van der Waals surface area (Å²) in [5.41, 5.74) is 0.690. The second-order valence-electron chi connectivity index (χ2n) is 7.40. The summed E-state index contributed by atoms with van der Waals surface area (Å²) >= 11 is 0. The maximum absolute atomic E-state index is 12.5. The maximum atomic E-state index is 12.5. The Morgan fingerprint density at radius 3 is 2.73 bits per heavy atom. The van der Waals surface area contributed by atoms with Gasteiger partial charge in [0, 0.05) is 17.8 Å². The summed E-state index contributed by atoms with van der Waals surface area (Å²) in [4.78, 5) is 25.7. The predicted molar refractivity (Wildman–Crippen MR) is 102 cm³/mol. The highest BCUT2D eigenvalue weighted by atomic mass is 16.5. The highest BCUT2D eigenvalue weighted by molar-refractivity contribution is 5.91. The van der Waals surface area contributed by atoms with Gasteiger partial charge in [-0.2, -0.15) is 0 Å². The lowest BCUT2D eigenvalue weighted by Gasteiger charge is -2.31. The van der Waals surface area contributed by atoms with Crippen molar-refractivity contribution >= 4 is 17.5 Å². The molecule has 2 amide bonds. The van der Waals surface area contributed by atoms with Gasteiger partial charge in [-0.05, 0) is 37.8 Å². The number of hydrogen-bond donors (Lipinski definition) is 3. The molecule has 0 radical (unpaired) electrons. The van der Waals surface area contributed by atoms with Gasteiger partial charge in [-0.15, -0.1) is 0 Å². The van der Waals surface area contributed by atoms with Gasteiger partial charge in [-0.1, -0.05) is 25.8 Å². The van der Waals surface area contributed by atoms with Gasteiger partial charge in [0.2, 0.25) is 0 Å². The first-order valence-electron chi connectivity index (χ1n) is 9.47. The van der Waals surface area contributed by atoms with Crippen LogP contribution in [0, 0.1) is 5.92 Å². The lowest BCUT2D eigenvalue weighted by atomic mass is 9.86. The molecule has 4 atom stereocenters. The normalized spacial score (nSPS) is 22.2. The molecule has 6 nitrogen and oxygen atoms in total. The number of amides is 2. The van der Waals surface area contributed by atoms with E-state index in [-0.39, 0.29) is 30.4 Å². The van der Waals surface area contributed by atoms with Gasteiger partial charge in [0.25, 0.3) is 11.8 Å². The standard InChI is InChI=1S/C20H31N3O3/c1-14-8-5-6-11-18(14)22-20(25)15(2)23(3)13-19(24)21-16-9-7-10-17(12-16)26-4/h7,9-10,12,14-15,18H,5-6,8,11,13H2,1-4H3,(H,21,24)(H,22,25)/p+1/t14-,15+,18+/m0/s1. The first kappa shape index (κ1) is 20.2. The molecular formula is C20H32N3O3+. The molecule has 6 heteroatoms. The molecule has 0 spiro atoms. The summed E-state index contributed by atoms with van der Waals surface area (Å²) in [5.74, 6) is 1.12. The largest absolute Gasteiger partial charge is 0.497 e. The van der Waals surface area contributed by atoms with E-state index in [2.05, 4.69) is 17.6 Å².